The van der Waals surface area contributed by atoms with Gasteiger partial charge in [0, 0.05) is 19.1 Å². The van der Waals surface area contributed by atoms with Gasteiger partial charge in [-0.05, 0) is 52.6 Å². The van der Waals surface area contributed by atoms with E-state index in [1.54, 1.807) is 0 Å². The third-order valence-corrected chi connectivity index (χ3v) is 3.67. The Balaban J connectivity index is 2.23. The third kappa shape index (κ3) is 5.68. The molecule has 2 unspecified atom stereocenters. The molecule has 0 aliphatic carbocycles. The number of rotatable bonds is 9. The molecule has 1 fully saturated rings. The van der Waals surface area contributed by atoms with Crippen LogP contribution in [0.4, 0.5) is 0 Å². The molecule has 1 N–H and O–H groups in total. The van der Waals surface area contributed by atoms with Crippen molar-refractivity contribution in [1.29, 1.82) is 0 Å². The molecule has 0 amide bonds. The van der Waals surface area contributed by atoms with E-state index in [4.69, 9.17) is 4.74 Å². The van der Waals surface area contributed by atoms with Crippen LogP contribution in [0.3, 0.4) is 0 Å². The maximum Gasteiger partial charge on any atom is 0.0707 e. The highest BCUT2D eigenvalue weighted by atomic mass is 16.5. The van der Waals surface area contributed by atoms with Crippen LogP contribution in [0.15, 0.2) is 0 Å². The smallest absolute Gasteiger partial charge is 0.0707 e. The lowest BCUT2D eigenvalue weighted by atomic mass is 10.1. The largest absolute Gasteiger partial charge is 0.372 e. The van der Waals surface area contributed by atoms with Crippen molar-refractivity contribution in [3.05, 3.63) is 0 Å². The van der Waals surface area contributed by atoms with E-state index in [1.807, 2.05) is 0 Å². The molecule has 0 bridgehead atoms. The van der Waals surface area contributed by atoms with Crippen LogP contribution in [-0.2, 0) is 4.74 Å². The van der Waals surface area contributed by atoms with Crippen molar-refractivity contribution in [2.75, 3.05) is 26.2 Å². The van der Waals surface area contributed by atoms with Crippen molar-refractivity contribution < 1.29 is 4.74 Å². The van der Waals surface area contributed by atoms with Crippen molar-refractivity contribution in [3.63, 3.8) is 0 Å². The molecule has 0 saturated carbocycles. The predicted octanol–water partition coefficient (Wildman–Crippen LogP) is 2.65. The minimum atomic E-state index is 0.442. The molecule has 0 aromatic rings. The maximum atomic E-state index is 6.13. The van der Waals surface area contributed by atoms with Crippen LogP contribution in [0.2, 0.25) is 0 Å². The van der Waals surface area contributed by atoms with E-state index in [0.717, 1.165) is 19.6 Å². The zero-order chi connectivity index (χ0) is 13.4. The first-order chi connectivity index (χ1) is 8.67. The number of hydrogen-bond acceptors (Lipinski definition) is 3. The summed E-state index contributed by atoms with van der Waals surface area (Å²) < 4.78 is 6.13. The molecule has 1 aliphatic heterocycles. The predicted molar refractivity (Wildman–Crippen MR) is 78.1 cm³/mol. The standard InChI is InChI=1S/C15H32N2O/c1-5-9-16-11-14-7-8-15(18-14)12-17(10-6-2)13(3)4/h13-16H,5-12H2,1-4H3. The van der Waals surface area contributed by atoms with E-state index in [0.29, 0.717) is 18.2 Å². The van der Waals surface area contributed by atoms with Crippen molar-refractivity contribution in [1.82, 2.24) is 10.2 Å². The van der Waals surface area contributed by atoms with Crippen LogP contribution < -0.4 is 5.32 Å². The zero-order valence-electron chi connectivity index (χ0n) is 12.7. The van der Waals surface area contributed by atoms with Gasteiger partial charge in [-0.2, -0.15) is 0 Å². The van der Waals surface area contributed by atoms with Gasteiger partial charge in [0.15, 0.2) is 0 Å². The van der Waals surface area contributed by atoms with Crippen molar-refractivity contribution >= 4 is 0 Å². The summed E-state index contributed by atoms with van der Waals surface area (Å²) in [5.41, 5.74) is 0. The van der Waals surface area contributed by atoms with Crippen molar-refractivity contribution in [2.24, 2.45) is 0 Å². The summed E-state index contributed by atoms with van der Waals surface area (Å²) >= 11 is 0. The minimum Gasteiger partial charge on any atom is -0.372 e. The summed E-state index contributed by atoms with van der Waals surface area (Å²) in [6, 6.07) is 0.630. The highest BCUT2D eigenvalue weighted by molar-refractivity contribution is 4.79. The van der Waals surface area contributed by atoms with Crippen LogP contribution in [0.5, 0.6) is 0 Å². The second kappa shape index (κ2) is 8.89. The Labute approximate surface area is 113 Å². The van der Waals surface area contributed by atoms with Gasteiger partial charge in [0.05, 0.1) is 12.2 Å². The van der Waals surface area contributed by atoms with E-state index in [1.165, 1.54) is 32.2 Å². The molecule has 3 nitrogen and oxygen atoms in total. The van der Waals surface area contributed by atoms with Gasteiger partial charge in [0.25, 0.3) is 0 Å². The van der Waals surface area contributed by atoms with Crippen LogP contribution in [0.1, 0.15) is 53.4 Å². The summed E-state index contributed by atoms with van der Waals surface area (Å²) in [6.07, 6.45) is 5.77. The molecule has 1 aliphatic rings. The van der Waals surface area contributed by atoms with Gasteiger partial charge in [-0.25, -0.2) is 0 Å². The van der Waals surface area contributed by atoms with Crippen molar-refractivity contribution in [3.8, 4) is 0 Å². The third-order valence-electron chi connectivity index (χ3n) is 3.67. The molecule has 1 heterocycles. The van der Waals surface area contributed by atoms with E-state index in [-0.39, 0.29) is 0 Å². The highest BCUT2D eigenvalue weighted by Crippen LogP contribution is 2.20. The van der Waals surface area contributed by atoms with E-state index in [2.05, 4.69) is 37.9 Å². The second-order valence-electron chi connectivity index (χ2n) is 5.75. The van der Waals surface area contributed by atoms with Gasteiger partial charge >= 0.3 is 0 Å². The Morgan fingerprint density at radius 1 is 1.17 bits per heavy atom. The fourth-order valence-electron chi connectivity index (χ4n) is 2.61. The van der Waals surface area contributed by atoms with Gasteiger partial charge in [0.2, 0.25) is 0 Å². The summed E-state index contributed by atoms with van der Waals surface area (Å²) in [5, 5.41) is 3.46. The number of nitrogens with one attached hydrogen (secondary N) is 1. The monoisotopic (exact) mass is 256 g/mol. The van der Waals surface area contributed by atoms with Gasteiger partial charge in [-0.15, -0.1) is 0 Å². The molecule has 108 valence electrons. The number of hydrogen-bond donors (Lipinski definition) is 1. The normalized spacial score (nSPS) is 24.3. The Hall–Kier alpha value is -0.120. The lowest BCUT2D eigenvalue weighted by Crippen LogP contribution is -2.38. The Kier molecular flexibility index (Phi) is 7.87. The molecule has 1 saturated heterocycles. The van der Waals surface area contributed by atoms with Crippen molar-refractivity contribution in [2.45, 2.75) is 71.6 Å². The summed E-state index contributed by atoms with van der Waals surface area (Å²) in [7, 11) is 0. The maximum absolute atomic E-state index is 6.13. The van der Waals surface area contributed by atoms with E-state index >= 15 is 0 Å². The highest BCUT2D eigenvalue weighted by Gasteiger charge is 2.26. The van der Waals surface area contributed by atoms with Crippen LogP contribution >= 0.6 is 0 Å². The summed E-state index contributed by atoms with van der Waals surface area (Å²) in [4.78, 5) is 2.55. The summed E-state index contributed by atoms with van der Waals surface area (Å²) in [6.45, 7) is 13.5. The molecule has 2 atom stereocenters. The first-order valence-electron chi connectivity index (χ1n) is 7.77. The van der Waals surface area contributed by atoms with Crippen LogP contribution in [-0.4, -0.2) is 49.3 Å². The zero-order valence-corrected chi connectivity index (χ0v) is 12.7. The number of ether oxygens (including phenoxy) is 1. The lowest BCUT2D eigenvalue weighted by molar-refractivity contribution is 0.0174. The van der Waals surface area contributed by atoms with E-state index < -0.39 is 0 Å². The first kappa shape index (κ1) is 15.9. The molecule has 3 heteroatoms. The van der Waals surface area contributed by atoms with Crippen LogP contribution in [0, 0.1) is 0 Å². The van der Waals surface area contributed by atoms with Gasteiger partial charge in [0.1, 0.15) is 0 Å². The van der Waals surface area contributed by atoms with E-state index in [9.17, 15) is 0 Å². The molecular formula is C15H32N2O. The second-order valence-corrected chi connectivity index (χ2v) is 5.75. The average molecular weight is 256 g/mol. The molecule has 18 heavy (non-hydrogen) atoms. The summed E-state index contributed by atoms with van der Waals surface area (Å²) in [5.74, 6) is 0. The number of nitrogens with zero attached hydrogens (tertiary/aromatic N) is 1. The quantitative estimate of drug-likeness (QED) is 0.642. The minimum absolute atomic E-state index is 0.442. The molecule has 1 rings (SSSR count). The Morgan fingerprint density at radius 2 is 1.89 bits per heavy atom. The fraction of sp³-hybridized carbons (Fsp3) is 1.00. The Bertz CT molecular complexity index is 209. The lowest BCUT2D eigenvalue weighted by Gasteiger charge is -2.28. The molecule has 0 aromatic carbocycles. The van der Waals surface area contributed by atoms with Gasteiger partial charge < -0.3 is 10.1 Å². The SMILES string of the molecule is CCCNCC1CCC(CN(CCC)C(C)C)O1. The van der Waals surface area contributed by atoms with Crippen LogP contribution in [0.25, 0.3) is 0 Å². The topological polar surface area (TPSA) is 24.5 Å². The molecule has 0 aromatic heterocycles. The molecule has 0 spiro atoms. The van der Waals surface area contributed by atoms with Gasteiger partial charge in [-0.1, -0.05) is 13.8 Å². The molecular weight excluding hydrogens is 224 g/mol. The Morgan fingerprint density at radius 3 is 2.50 bits per heavy atom. The average Bonchev–Trinajstić information content (AvgIpc) is 2.76. The van der Waals surface area contributed by atoms with Gasteiger partial charge in [-0.3, -0.25) is 4.90 Å². The molecule has 0 radical (unpaired) electrons. The first-order valence-corrected chi connectivity index (χ1v) is 7.77. The fourth-order valence-corrected chi connectivity index (χ4v) is 2.61.